The van der Waals surface area contributed by atoms with Crippen LogP contribution in [0.4, 0.5) is 0 Å². The summed E-state index contributed by atoms with van der Waals surface area (Å²) in [5.74, 6) is 0. The molecular weight excluding hydrogens is 270 g/mol. The molecule has 0 radical (unpaired) electrons. The Kier molecular flexibility index (Phi) is 6.11. The number of nitrogens with zero attached hydrogens (tertiary/aromatic N) is 2. The van der Waals surface area contributed by atoms with Crippen LogP contribution in [0.3, 0.4) is 0 Å². The molecule has 20 heavy (non-hydrogen) atoms. The van der Waals surface area contributed by atoms with Gasteiger partial charge in [0.2, 0.25) is 0 Å². The highest BCUT2D eigenvalue weighted by molar-refractivity contribution is 7.11. The largest absolute Gasteiger partial charge is 0.378 e. The van der Waals surface area contributed by atoms with Crippen molar-refractivity contribution < 1.29 is 4.74 Å². The van der Waals surface area contributed by atoms with E-state index in [0.717, 1.165) is 42.3 Å². The quantitative estimate of drug-likeness (QED) is 0.760. The maximum absolute atomic E-state index is 5.24. The van der Waals surface area contributed by atoms with Crippen molar-refractivity contribution in [3.63, 3.8) is 0 Å². The number of aromatic nitrogens is 2. The molecule has 0 unspecified atom stereocenters. The van der Waals surface area contributed by atoms with Gasteiger partial charge in [0.05, 0.1) is 17.3 Å². The lowest BCUT2D eigenvalue weighted by molar-refractivity contribution is 0.181. The number of pyridine rings is 1. The molecule has 0 atom stereocenters. The minimum absolute atomic E-state index is 0.571. The number of rotatable bonds is 8. The summed E-state index contributed by atoms with van der Waals surface area (Å²) in [6.45, 7) is 4.64. The molecule has 1 N–H and O–H groups in total. The van der Waals surface area contributed by atoms with Gasteiger partial charge in [-0.2, -0.15) is 0 Å². The molecule has 108 valence electrons. The van der Waals surface area contributed by atoms with Crippen LogP contribution in [0.5, 0.6) is 0 Å². The lowest BCUT2D eigenvalue weighted by Gasteiger charge is -2.02. The van der Waals surface area contributed by atoms with E-state index in [1.165, 1.54) is 4.88 Å². The Hall–Kier alpha value is -1.30. The van der Waals surface area contributed by atoms with Crippen LogP contribution in [-0.2, 0) is 24.3 Å². The number of methoxy groups -OCH3 is 1. The van der Waals surface area contributed by atoms with Gasteiger partial charge >= 0.3 is 0 Å². The Morgan fingerprint density at radius 2 is 2.25 bits per heavy atom. The van der Waals surface area contributed by atoms with Gasteiger partial charge in [-0.15, -0.1) is 11.3 Å². The topological polar surface area (TPSA) is 47.0 Å². The summed E-state index contributed by atoms with van der Waals surface area (Å²) in [4.78, 5) is 10.3. The van der Waals surface area contributed by atoms with Gasteiger partial charge < -0.3 is 10.1 Å². The Morgan fingerprint density at radius 3 is 2.95 bits per heavy atom. The average molecular weight is 291 g/mol. The van der Waals surface area contributed by atoms with Gasteiger partial charge in [0.15, 0.2) is 0 Å². The van der Waals surface area contributed by atoms with E-state index in [-0.39, 0.29) is 0 Å². The molecule has 2 aromatic heterocycles. The summed E-state index contributed by atoms with van der Waals surface area (Å²) in [6, 6.07) is 5.98. The van der Waals surface area contributed by atoms with Gasteiger partial charge in [-0.1, -0.05) is 13.0 Å². The van der Waals surface area contributed by atoms with E-state index in [0.29, 0.717) is 6.61 Å². The first-order valence-corrected chi connectivity index (χ1v) is 7.72. The van der Waals surface area contributed by atoms with E-state index < -0.39 is 0 Å². The summed E-state index contributed by atoms with van der Waals surface area (Å²) < 4.78 is 5.24. The van der Waals surface area contributed by atoms with Crippen LogP contribution in [0.15, 0.2) is 24.4 Å². The molecule has 2 aromatic rings. The maximum Gasteiger partial charge on any atom is 0.0992 e. The molecule has 0 spiro atoms. The molecule has 4 nitrogen and oxygen atoms in total. The van der Waals surface area contributed by atoms with Crippen LogP contribution in [-0.4, -0.2) is 23.6 Å². The average Bonchev–Trinajstić information content (AvgIpc) is 2.83. The molecule has 0 fully saturated rings. The zero-order valence-corrected chi connectivity index (χ0v) is 12.9. The molecule has 2 rings (SSSR count). The molecule has 2 heterocycles. The van der Waals surface area contributed by atoms with Crippen LogP contribution >= 0.6 is 11.3 Å². The Morgan fingerprint density at radius 1 is 1.35 bits per heavy atom. The number of hydrogen-bond donors (Lipinski definition) is 1. The fraction of sp³-hybridized carbons (Fsp3) is 0.467. The van der Waals surface area contributed by atoms with Crippen LogP contribution in [0.2, 0.25) is 0 Å². The summed E-state index contributed by atoms with van der Waals surface area (Å²) in [5.41, 5.74) is 2.10. The minimum atomic E-state index is 0.571. The smallest absolute Gasteiger partial charge is 0.0992 e. The second-order valence-corrected chi connectivity index (χ2v) is 5.75. The standard InChI is InChI=1S/C15H21N3OS/c1-3-7-16-10-14-13(11-19-2)18-15(20-14)9-12-6-4-5-8-17-12/h4-6,8,16H,3,7,9-11H2,1-2H3. The number of ether oxygens (including phenoxy) is 1. The number of thiazole rings is 1. The SMILES string of the molecule is CCCNCc1sc(Cc2ccccn2)nc1COC. The first kappa shape index (κ1) is 15.1. The fourth-order valence-corrected chi connectivity index (χ4v) is 2.99. The predicted molar refractivity (Wildman–Crippen MR) is 81.9 cm³/mol. The van der Waals surface area contributed by atoms with Crippen molar-refractivity contribution in [2.24, 2.45) is 0 Å². The first-order chi connectivity index (χ1) is 9.83. The number of hydrogen-bond acceptors (Lipinski definition) is 5. The molecule has 0 aliphatic rings. The van der Waals surface area contributed by atoms with E-state index in [1.54, 1.807) is 18.4 Å². The summed E-state index contributed by atoms with van der Waals surface area (Å²) >= 11 is 1.75. The summed E-state index contributed by atoms with van der Waals surface area (Å²) in [5, 5.41) is 4.53. The molecule has 0 saturated heterocycles. The highest BCUT2D eigenvalue weighted by Gasteiger charge is 2.11. The van der Waals surface area contributed by atoms with Gasteiger partial charge in [0.25, 0.3) is 0 Å². The predicted octanol–water partition coefficient (Wildman–Crippen LogP) is 2.77. The molecule has 5 heteroatoms. The molecule has 0 bridgehead atoms. The van der Waals surface area contributed by atoms with E-state index in [4.69, 9.17) is 4.74 Å². The Bertz CT molecular complexity index is 513. The van der Waals surface area contributed by atoms with E-state index in [2.05, 4.69) is 22.2 Å². The van der Waals surface area contributed by atoms with Crippen molar-refractivity contribution in [2.75, 3.05) is 13.7 Å². The van der Waals surface area contributed by atoms with Gasteiger partial charge in [-0.05, 0) is 25.1 Å². The first-order valence-electron chi connectivity index (χ1n) is 6.90. The third-order valence-electron chi connectivity index (χ3n) is 2.87. The molecule has 0 aromatic carbocycles. The van der Waals surface area contributed by atoms with Crippen molar-refractivity contribution in [1.29, 1.82) is 0 Å². The maximum atomic E-state index is 5.24. The van der Waals surface area contributed by atoms with E-state index in [1.807, 2.05) is 24.4 Å². The molecule has 0 aliphatic heterocycles. The second-order valence-electron chi connectivity index (χ2n) is 4.59. The molecule has 0 saturated carbocycles. The highest BCUT2D eigenvalue weighted by atomic mass is 32.1. The van der Waals surface area contributed by atoms with Crippen molar-refractivity contribution in [3.05, 3.63) is 45.7 Å². The van der Waals surface area contributed by atoms with E-state index in [9.17, 15) is 0 Å². The van der Waals surface area contributed by atoms with Gasteiger partial charge in [-0.25, -0.2) is 4.98 Å². The van der Waals surface area contributed by atoms with Gasteiger partial charge in [-0.3, -0.25) is 4.98 Å². The molecular formula is C15H21N3OS. The molecule has 0 amide bonds. The third kappa shape index (κ3) is 4.37. The Labute approximate surface area is 124 Å². The zero-order chi connectivity index (χ0) is 14.2. The molecule has 0 aliphatic carbocycles. The fourth-order valence-electron chi connectivity index (χ4n) is 1.94. The van der Waals surface area contributed by atoms with E-state index >= 15 is 0 Å². The minimum Gasteiger partial charge on any atom is -0.378 e. The van der Waals surface area contributed by atoms with Crippen molar-refractivity contribution in [2.45, 2.75) is 32.9 Å². The van der Waals surface area contributed by atoms with Crippen molar-refractivity contribution in [3.8, 4) is 0 Å². The Balaban J connectivity index is 2.07. The van der Waals surface area contributed by atoms with Crippen LogP contribution in [0.1, 0.15) is 34.6 Å². The van der Waals surface area contributed by atoms with Crippen LogP contribution in [0, 0.1) is 0 Å². The lowest BCUT2D eigenvalue weighted by atomic mass is 10.3. The van der Waals surface area contributed by atoms with Gasteiger partial charge in [0, 0.05) is 36.8 Å². The summed E-state index contributed by atoms with van der Waals surface area (Å²) in [7, 11) is 1.71. The normalized spacial score (nSPS) is 10.9. The van der Waals surface area contributed by atoms with Crippen LogP contribution < -0.4 is 5.32 Å². The van der Waals surface area contributed by atoms with Crippen molar-refractivity contribution >= 4 is 11.3 Å². The number of nitrogens with one attached hydrogen (secondary N) is 1. The third-order valence-corrected chi connectivity index (χ3v) is 3.97. The monoisotopic (exact) mass is 291 g/mol. The lowest BCUT2D eigenvalue weighted by Crippen LogP contribution is -2.14. The highest BCUT2D eigenvalue weighted by Crippen LogP contribution is 2.21. The van der Waals surface area contributed by atoms with Crippen molar-refractivity contribution in [1.82, 2.24) is 15.3 Å². The second kappa shape index (κ2) is 8.09. The van der Waals surface area contributed by atoms with Gasteiger partial charge in [0.1, 0.15) is 0 Å². The zero-order valence-electron chi connectivity index (χ0n) is 12.1. The summed E-state index contributed by atoms with van der Waals surface area (Å²) in [6.07, 6.45) is 3.75. The van der Waals surface area contributed by atoms with Crippen LogP contribution in [0.25, 0.3) is 0 Å².